The van der Waals surface area contributed by atoms with Crippen molar-refractivity contribution in [3.63, 3.8) is 0 Å². The second-order valence-corrected chi connectivity index (χ2v) is 6.31. The van der Waals surface area contributed by atoms with E-state index in [0.717, 1.165) is 19.3 Å². The quantitative estimate of drug-likeness (QED) is 0.577. The number of benzene rings is 2. The van der Waals surface area contributed by atoms with E-state index in [4.69, 9.17) is 5.73 Å². The average molecular weight is 374 g/mol. The van der Waals surface area contributed by atoms with Gasteiger partial charge < -0.3 is 5.73 Å². The van der Waals surface area contributed by atoms with Crippen molar-refractivity contribution in [3.8, 4) is 0 Å². The van der Waals surface area contributed by atoms with Crippen molar-refractivity contribution in [2.45, 2.75) is 94.5 Å². The highest BCUT2D eigenvalue weighted by Crippen LogP contribution is 2.05. The van der Waals surface area contributed by atoms with Crippen molar-refractivity contribution in [3.05, 3.63) is 70.8 Å². The molecular formula is C26H47N. The maximum absolute atomic E-state index is 5.44. The van der Waals surface area contributed by atoms with Crippen LogP contribution in [0, 0.1) is 0 Å². The highest BCUT2D eigenvalue weighted by molar-refractivity contribution is 5.22. The molecule has 0 atom stereocenters. The average Bonchev–Trinajstić information content (AvgIpc) is 2.70. The van der Waals surface area contributed by atoms with Crippen molar-refractivity contribution < 1.29 is 0 Å². The molecule has 0 saturated heterocycles. The van der Waals surface area contributed by atoms with Crippen LogP contribution < -0.4 is 5.73 Å². The molecule has 0 unspecified atom stereocenters. The van der Waals surface area contributed by atoms with E-state index in [0.29, 0.717) is 6.54 Å². The van der Waals surface area contributed by atoms with Crippen LogP contribution in [-0.4, -0.2) is 0 Å². The Balaban J connectivity index is -0.000000322. The Kier molecular flexibility index (Phi) is 25.0. The Morgan fingerprint density at radius 3 is 0.815 bits per heavy atom. The van der Waals surface area contributed by atoms with E-state index in [1.807, 2.05) is 0 Å². The molecule has 0 aliphatic carbocycles. The molecule has 0 spiro atoms. The summed E-state index contributed by atoms with van der Waals surface area (Å²) in [5.41, 5.74) is 10.9. The van der Waals surface area contributed by atoms with Crippen LogP contribution in [0.25, 0.3) is 0 Å². The Labute approximate surface area is 171 Å². The van der Waals surface area contributed by atoms with Crippen molar-refractivity contribution in [2.24, 2.45) is 5.73 Å². The van der Waals surface area contributed by atoms with E-state index in [2.05, 4.69) is 97.0 Å². The maximum atomic E-state index is 5.44. The van der Waals surface area contributed by atoms with Gasteiger partial charge in [0.15, 0.2) is 0 Å². The van der Waals surface area contributed by atoms with Crippen molar-refractivity contribution >= 4 is 0 Å². The molecule has 2 rings (SSSR count). The minimum Gasteiger partial charge on any atom is -0.326 e. The third-order valence-corrected chi connectivity index (χ3v) is 3.51. The first-order valence-electron chi connectivity index (χ1n) is 10.4. The van der Waals surface area contributed by atoms with Crippen molar-refractivity contribution in [1.82, 2.24) is 0 Å². The molecule has 2 N–H and O–H groups in total. The molecule has 156 valence electrons. The molecule has 2 aromatic rings. The van der Waals surface area contributed by atoms with E-state index in [9.17, 15) is 0 Å². The largest absolute Gasteiger partial charge is 0.326 e. The first-order valence-corrected chi connectivity index (χ1v) is 10.4. The Hall–Kier alpha value is -1.60. The van der Waals surface area contributed by atoms with Crippen LogP contribution in [0.2, 0.25) is 0 Å². The van der Waals surface area contributed by atoms with Gasteiger partial charge in [-0.15, -0.1) is 0 Å². The van der Waals surface area contributed by atoms with Gasteiger partial charge in [0.1, 0.15) is 0 Å². The fourth-order valence-corrected chi connectivity index (χ4v) is 1.92. The standard InChI is InChI=1S/C10H14.C9H13N.2C3H8.CH4/c1-3-9-5-7-10(4-2)8-6-9;1-2-8-3-5-9(7-10)6-4-8;2*1-3-2;/h5-8H,3-4H2,1-2H3;3-6H,2,7,10H2,1H3;2*3H2,1-2H3;1H4. The van der Waals surface area contributed by atoms with Crippen molar-refractivity contribution in [1.29, 1.82) is 0 Å². The summed E-state index contributed by atoms with van der Waals surface area (Å²) in [6.07, 6.45) is 5.89. The predicted molar refractivity (Wildman–Crippen MR) is 128 cm³/mol. The molecule has 0 aliphatic heterocycles. The van der Waals surface area contributed by atoms with Crippen LogP contribution in [0.4, 0.5) is 0 Å². The molecule has 0 saturated carbocycles. The summed E-state index contributed by atoms with van der Waals surface area (Å²) < 4.78 is 0. The van der Waals surface area contributed by atoms with E-state index in [-0.39, 0.29) is 7.43 Å². The zero-order valence-corrected chi connectivity index (χ0v) is 18.4. The van der Waals surface area contributed by atoms with E-state index in [1.165, 1.54) is 35.1 Å². The summed E-state index contributed by atoms with van der Waals surface area (Å²) in [5.74, 6) is 0. The summed E-state index contributed by atoms with van der Waals surface area (Å²) >= 11 is 0. The van der Waals surface area contributed by atoms with Crippen LogP contribution >= 0.6 is 0 Å². The minimum atomic E-state index is 0. The lowest BCUT2D eigenvalue weighted by molar-refractivity contribution is 1.06. The van der Waals surface area contributed by atoms with Crippen LogP contribution in [0.1, 0.15) is 91.0 Å². The number of nitrogens with two attached hydrogens (primary N) is 1. The van der Waals surface area contributed by atoms with E-state index < -0.39 is 0 Å². The Bertz CT molecular complexity index is 401. The van der Waals surface area contributed by atoms with Gasteiger partial charge in [0.05, 0.1) is 0 Å². The summed E-state index contributed by atoms with van der Waals surface area (Å²) in [4.78, 5) is 0. The topological polar surface area (TPSA) is 26.0 Å². The van der Waals surface area contributed by atoms with Crippen molar-refractivity contribution in [2.75, 3.05) is 0 Å². The van der Waals surface area contributed by atoms with Crippen LogP contribution in [0.5, 0.6) is 0 Å². The van der Waals surface area contributed by atoms with Crippen LogP contribution in [0.3, 0.4) is 0 Å². The van der Waals surface area contributed by atoms with E-state index >= 15 is 0 Å². The lowest BCUT2D eigenvalue weighted by Gasteiger charge is -1.97. The zero-order chi connectivity index (χ0) is 20.2. The molecule has 1 nitrogen and oxygen atoms in total. The molecule has 0 fully saturated rings. The lowest BCUT2D eigenvalue weighted by Crippen LogP contribution is -1.95. The molecule has 0 aliphatic rings. The number of aryl methyl sites for hydroxylation is 3. The smallest absolute Gasteiger partial charge is 0.0178 e. The molecule has 27 heavy (non-hydrogen) atoms. The van der Waals surface area contributed by atoms with Gasteiger partial charge in [-0.05, 0) is 41.5 Å². The van der Waals surface area contributed by atoms with Gasteiger partial charge >= 0.3 is 0 Å². The fourth-order valence-electron chi connectivity index (χ4n) is 1.92. The molecule has 1 heteroatoms. The monoisotopic (exact) mass is 373 g/mol. The highest BCUT2D eigenvalue weighted by atomic mass is 14.5. The van der Waals surface area contributed by atoms with Crippen LogP contribution in [-0.2, 0) is 25.8 Å². The lowest BCUT2D eigenvalue weighted by atomic mass is 10.1. The normalized spacial score (nSPS) is 8.59. The van der Waals surface area contributed by atoms with Crippen LogP contribution in [0.15, 0.2) is 48.5 Å². The van der Waals surface area contributed by atoms with Gasteiger partial charge in [-0.1, -0.05) is 117 Å². The second-order valence-electron chi connectivity index (χ2n) is 6.31. The number of hydrogen-bond acceptors (Lipinski definition) is 1. The number of hydrogen-bond donors (Lipinski definition) is 1. The maximum Gasteiger partial charge on any atom is 0.0178 e. The first kappa shape index (κ1) is 30.1. The Morgan fingerprint density at radius 1 is 0.481 bits per heavy atom. The Morgan fingerprint density at radius 2 is 0.667 bits per heavy atom. The van der Waals surface area contributed by atoms with E-state index in [1.54, 1.807) is 0 Å². The second kappa shape index (κ2) is 22.4. The molecule has 0 aromatic heterocycles. The summed E-state index contributed by atoms with van der Waals surface area (Å²) in [5, 5.41) is 0. The fraction of sp³-hybridized carbons (Fsp3) is 0.538. The summed E-state index contributed by atoms with van der Waals surface area (Å²) in [6.45, 7) is 15.7. The minimum absolute atomic E-state index is 0. The molecule has 0 amide bonds. The highest BCUT2D eigenvalue weighted by Gasteiger charge is 1.89. The van der Waals surface area contributed by atoms with Gasteiger partial charge in [-0.3, -0.25) is 0 Å². The SMILES string of the molecule is C.CCC.CCC.CCc1ccc(CC)cc1.CCc1ccc(CN)cc1. The molecule has 0 radical (unpaired) electrons. The van der Waals surface area contributed by atoms with Gasteiger partial charge in [0.2, 0.25) is 0 Å². The first-order chi connectivity index (χ1) is 12.6. The third kappa shape index (κ3) is 17.6. The third-order valence-electron chi connectivity index (χ3n) is 3.51. The van der Waals surface area contributed by atoms with Gasteiger partial charge in [0.25, 0.3) is 0 Å². The molecule has 0 bridgehead atoms. The molecule has 2 aromatic carbocycles. The predicted octanol–water partition coefficient (Wildman–Crippen LogP) is 7.99. The summed E-state index contributed by atoms with van der Waals surface area (Å²) in [6, 6.07) is 17.2. The van der Waals surface area contributed by atoms with Gasteiger partial charge in [-0.25, -0.2) is 0 Å². The number of rotatable bonds is 4. The summed E-state index contributed by atoms with van der Waals surface area (Å²) in [7, 11) is 0. The van der Waals surface area contributed by atoms with Gasteiger partial charge in [0, 0.05) is 6.54 Å². The van der Waals surface area contributed by atoms with Gasteiger partial charge in [-0.2, -0.15) is 0 Å². The molecule has 0 heterocycles. The zero-order valence-electron chi connectivity index (χ0n) is 18.4. The molecular weight excluding hydrogens is 326 g/mol.